The highest BCUT2D eigenvalue weighted by Gasteiger charge is 2.33. The molecule has 1 aliphatic heterocycles. The Balaban J connectivity index is 2.65. The molecule has 6 nitrogen and oxygen atoms in total. The van der Waals surface area contributed by atoms with Gasteiger partial charge in [0.05, 0.1) is 26.2 Å². The van der Waals surface area contributed by atoms with Gasteiger partial charge in [0.25, 0.3) is 0 Å². The summed E-state index contributed by atoms with van der Waals surface area (Å²) in [6.07, 6.45) is 12.2. The van der Waals surface area contributed by atoms with Crippen LogP contribution in [-0.2, 0) is 9.59 Å². The summed E-state index contributed by atoms with van der Waals surface area (Å²) in [4.78, 5) is 28.3. The number of nitrogens with zero attached hydrogens (tertiary/aromatic N) is 2. The second-order valence-corrected chi connectivity index (χ2v) is 5.94. The standard InChI is InChI=1S/C18H28N4O2/c1-5-9-19-17(23)13-21-11-16(8-4)22(12-15(21)7-3)14-18(24)20-10-6-2/h1-2,15-16H,7-14H2,3-4H3,(H,19,23)(H,20,24). The topological polar surface area (TPSA) is 64.7 Å². The highest BCUT2D eigenvalue weighted by molar-refractivity contribution is 5.79. The summed E-state index contributed by atoms with van der Waals surface area (Å²) in [6.45, 7) is 6.91. The number of carbonyl (C=O) groups is 2. The molecule has 1 aliphatic rings. The zero-order valence-electron chi connectivity index (χ0n) is 14.7. The number of carbonyl (C=O) groups excluding carboxylic acids is 2. The highest BCUT2D eigenvalue weighted by atomic mass is 16.2. The van der Waals surface area contributed by atoms with E-state index in [4.69, 9.17) is 12.8 Å². The molecule has 0 aromatic rings. The lowest BCUT2D eigenvalue weighted by molar-refractivity contribution is -0.127. The van der Waals surface area contributed by atoms with E-state index in [1.165, 1.54) is 0 Å². The van der Waals surface area contributed by atoms with Gasteiger partial charge >= 0.3 is 0 Å². The van der Waals surface area contributed by atoms with Crippen molar-refractivity contribution >= 4 is 11.8 Å². The van der Waals surface area contributed by atoms with Gasteiger partial charge in [-0.25, -0.2) is 0 Å². The SMILES string of the molecule is C#CCNC(=O)CN1CC(CC)N(CC(=O)NCC#C)CC1CC. The molecule has 24 heavy (non-hydrogen) atoms. The average molecular weight is 332 g/mol. The van der Waals surface area contributed by atoms with Crippen molar-refractivity contribution in [2.45, 2.75) is 38.8 Å². The molecule has 0 saturated carbocycles. The van der Waals surface area contributed by atoms with E-state index in [1.807, 2.05) is 0 Å². The second-order valence-electron chi connectivity index (χ2n) is 5.94. The molecule has 0 aliphatic carbocycles. The fraction of sp³-hybridized carbons (Fsp3) is 0.667. The molecule has 1 fully saturated rings. The first-order chi connectivity index (χ1) is 11.5. The van der Waals surface area contributed by atoms with Crippen LogP contribution in [-0.4, -0.2) is 73.0 Å². The predicted octanol–water partition coefficient (Wildman–Crippen LogP) is -0.340. The first-order valence-electron chi connectivity index (χ1n) is 8.44. The first-order valence-corrected chi connectivity index (χ1v) is 8.44. The van der Waals surface area contributed by atoms with Gasteiger partial charge in [-0.15, -0.1) is 12.8 Å². The molecule has 2 N–H and O–H groups in total. The second kappa shape index (κ2) is 10.7. The van der Waals surface area contributed by atoms with Crippen LogP contribution < -0.4 is 10.6 Å². The fourth-order valence-electron chi connectivity index (χ4n) is 3.01. The molecule has 0 radical (unpaired) electrons. The molecule has 6 heteroatoms. The Morgan fingerprint density at radius 1 is 0.917 bits per heavy atom. The van der Waals surface area contributed by atoms with E-state index in [0.717, 1.165) is 25.9 Å². The van der Waals surface area contributed by atoms with Crippen molar-refractivity contribution in [3.05, 3.63) is 0 Å². The van der Waals surface area contributed by atoms with Gasteiger partial charge in [-0.3, -0.25) is 19.4 Å². The molecular weight excluding hydrogens is 304 g/mol. The van der Waals surface area contributed by atoms with E-state index in [1.54, 1.807) is 0 Å². The molecular formula is C18H28N4O2. The Kier molecular flexibility index (Phi) is 8.93. The molecule has 1 saturated heterocycles. The fourth-order valence-corrected chi connectivity index (χ4v) is 3.01. The maximum atomic E-state index is 12.0. The average Bonchev–Trinajstić information content (AvgIpc) is 2.58. The normalized spacial score (nSPS) is 21.5. The lowest BCUT2D eigenvalue weighted by atomic mass is 10.0. The molecule has 1 heterocycles. The summed E-state index contributed by atoms with van der Waals surface area (Å²) >= 11 is 0. The van der Waals surface area contributed by atoms with E-state index < -0.39 is 0 Å². The minimum absolute atomic E-state index is 0.0542. The van der Waals surface area contributed by atoms with Gasteiger partial charge < -0.3 is 10.6 Å². The molecule has 0 aromatic carbocycles. The van der Waals surface area contributed by atoms with E-state index in [2.05, 4.69) is 46.1 Å². The van der Waals surface area contributed by atoms with Crippen LogP contribution in [0.25, 0.3) is 0 Å². The van der Waals surface area contributed by atoms with Gasteiger partial charge in [-0.05, 0) is 12.8 Å². The van der Waals surface area contributed by atoms with Crippen LogP contribution in [0.3, 0.4) is 0 Å². The molecule has 2 atom stereocenters. The summed E-state index contributed by atoms with van der Waals surface area (Å²) < 4.78 is 0. The molecule has 1 rings (SSSR count). The van der Waals surface area contributed by atoms with E-state index in [-0.39, 0.29) is 37.0 Å². The highest BCUT2D eigenvalue weighted by Crippen LogP contribution is 2.19. The molecule has 0 bridgehead atoms. The zero-order chi connectivity index (χ0) is 17.9. The lowest BCUT2D eigenvalue weighted by Crippen LogP contribution is -2.60. The largest absolute Gasteiger partial charge is 0.344 e. The maximum absolute atomic E-state index is 12.0. The monoisotopic (exact) mass is 332 g/mol. The number of amides is 2. The Bertz CT molecular complexity index is 460. The number of hydrogen-bond donors (Lipinski definition) is 2. The summed E-state index contributed by atoms with van der Waals surface area (Å²) in [6, 6.07) is 0.481. The predicted molar refractivity (Wildman–Crippen MR) is 95.0 cm³/mol. The number of hydrogen-bond acceptors (Lipinski definition) is 4. The smallest absolute Gasteiger partial charge is 0.234 e. The van der Waals surface area contributed by atoms with Crippen molar-refractivity contribution in [2.24, 2.45) is 0 Å². The van der Waals surface area contributed by atoms with Crippen molar-refractivity contribution in [1.29, 1.82) is 0 Å². The van der Waals surface area contributed by atoms with Crippen LogP contribution in [0.5, 0.6) is 0 Å². The van der Waals surface area contributed by atoms with Crippen LogP contribution in [0.4, 0.5) is 0 Å². The van der Waals surface area contributed by atoms with Crippen molar-refractivity contribution in [3.63, 3.8) is 0 Å². The van der Waals surface area contributed by atoms with Crippen LogP contribution in [0.2, 0.25) is 0 Å². The Morgan fingerprint density at radius 3 is 1.58 bits per heavy atom. The van der Waals surface area contributed by atoms with Gasteiger partial charge in [-0.2, -0.15) is 0 Å². The maximum Gasteiger partial charge on any atom is 0.234 e. The number of rotatable bonds is 8. The summed E-state index contributed by atoms with van der Waals surface area (Å²) in [7, 11) is 0. The van der Waals surface area contributed by atoms with Crippen molar-refractivity contribution in [3.8, 4) is 24.7 Å². The van der Waals surface area contributed by atoms with Gasteiger partial charge in [0.1, 0.15) is 0 Å². The Hall–Kier alpha value is -2.02. The van der Waals surface area contributed by atoms with Gasteiger partial charge in [0, 0.05) is 25.2 Å². The summed E-state index contributed by atoms with van der Waals surface area (Å²) in [5, 5.41) is 5.42. The summed E-state index contributed by atoms with van der Waals surface area (Å²) in [5.41, 5.74) is 0. The quantitative estimate of drug-likeness (QED) is 0.597. The van der Waals surface area contributed by atoms with Gasteiger partial charge in [0.15, 0.2) is 0 Å². The third-order valence-corrected chi connectivity index (χ3v) is 4.33. The van der Waals surface area contributed by atoms with E-state index in [9.17, 15) is 9.59 Å². The van der Waals surface area contributed by atoms with E-state index in [0.29, 0.717) is 13.1 Å². The molecule has 2 unspecified atom stereocenters. The minimum atomic E-state index is -0.0542. The molecule has 0 aromatic heterocycles. The van der Waals surface area contributed by atoms with Gasteiger partial charge in [0.2, 0.25) is 11.8 Å². The molecule has 132 valence electrons. The van der Waals surface area contributed by atoms with Crippen molar-refractivity contribution < 1.29 is 9.59 Å². The Morgan fingerprint density at radius 2 is 1.29 bits per heavy atom. The number of piperazine rings is 1. The first kappa shape index (κ1) is 20.0. The third-order valence-electron chi connectivity index (χ3n) is 4.33. The van der Waals surface area contributed by atoms with Crippen LogP contribution in [0.1, 0.15) is 26.7 Å². The minimum Gasteiger partial charge on any atom is -0.344 e. The van der Waals surface area contributed by atoms with Gasteiger partial charge in [-0.1, -0.05) is 25.7 Å². The van der Waals surface area contributed by atoms with Crippen LogP contribution >= 0.6 is 0 Å². The number of nitrogens with one attached hydrogen (secondary N) is 2. The summed E-state index contributed by atoms with van der Waals surface area (Å²) in [5.74, 6) is 4.71. The lowest BCUT2D eigenvalue weighted by Gasteiger charge is -2.45. The molecule has 0 spiro atoms. The third kappa shape index (κ3) is 6.23. The van der Waals surface area contributed by atoms with Crippen molar-refractivity contribution in [2.75, 3.05) is 39.3 Å². The zero-order valence-corrected chi connectivity index (χ0v) is 14.7. The number of terminal acetylenes is 2. The van der Waals surface area contributed by atoms with E-state index >= 15 is 0 Å². The van der Waals surface area contributed by atoms with Crippen molar-refractivity contribution in [1.82, 2.24) is 20.4 Å². The van der Waals surface area contributed by atoms with Crippen LogP contribution in [0, 0.1) is 24.7 Å². The van der Waals surface area contributed by atoms with Crippen LogP contribution in [0.15, 0.2) is 0 Å². The Labute approximate surface area is 145 Å². The molecule has 2 amide bonds.